The molecule has 1 amide bonds. The lowest BCUT2D eigenvalue weighted by Gasteiger charge is -2.34. The van der Waals surface area contributed by atoms with Crippen molar-refractivity contribution in [3.05, 3.63) is 35.9 Å². The molecule has 1 aromatic carbocycles. The van der Waals surface area contributed by atoms with Gasteiger partial charge in [-0.3, -0.25) is 9.69 Å². The van der Waals surface area contributed by atoms with Gasteiger partial charge in [-0.15, -0.1) is 0 Å². The average Bonchev–Trinajstić information content (AvgIpc) is 3.05. The maximum Gasteiger partial charge on any atom is 0.410 e. The fourth-order valence-corrected chi connectivity index (χ4v) is 3.56. The summed E-state index contributed by atoms with van der Waals surface area (Å²) < 4.78 is 5.32. The molecule has 4 nitrogen and oxygen atoms in total. The SMILES string of the molecule is O=C(OCc1ccccc1)N1CC2CCC1(C(=O)Cl)C2. The lowest BCUT2D eigenvalue weighted by molar-refractivity contribution is -0.121. The third kappa shape index (κ3) is 2.18. The lowest BCUT2D eigenvalue weighted by atomic mass is 9.99. The zero-order valence-electron chi connectivity index (χ0n) is 11.0. The molecule has 1 heterocycles. The first-order valence-electron chi connectivity index (χ1n) is 6.80. The number of benzene rings is 1. The molecule has 0 N–H and O–H groups in total. The van der Waals surface area contributed by atoms with Gasteiger partial charge in [0.15, 0.2) is 0 Å². The van der Waals surface area contributed by atoms with Crippen LogP contribution in [0.2, 0.25) is 0 Å². The van der Waals surface area contributed by atoms with Crippen LogP contribution < -0.4 is 0 Å². The summed E-state index contributed by atoms with van der Waals surface area (Å²) in [5.41, 5.74) is 0.108. The molecule has 106 valence electrons. The van der Waals surface area contributed by atoms with E-state index >= 15 is 0 Å². The van der Waals surface area contributed by atoms with Crippen LogP contribution in [0.3, 0.4) is 0 Å². The van der Waals surface area contributed by atoms with Gasteiger partial charge in [-0.2, -0.15) is 0 Å². The Hall–Kier alpha value is -1.55. The summed E-state index contributed by atoms with van der Waals surface area (Å²) in [6.45, 7) is 0.791. The second kappa shape index (κ2) is 5.09. The summed E-state index contributed by atoms with van der Waals surface area (Å²) in [5, 5.41) is -0.436. The van der Waals surface area contributed by atoms with Crippen LogP contribution in [0.15, 0.2) is 30.3 Å². The molecule has 5 heteroatoms. The van der Waals surface area contributed by atoms with Gasteiger partial charge in [0.1, 0.15) is 12.1 Å². The van der Waals surface area contributed by atoms with Crippen molar-refractivity contribution in [2.75, 3.05) is 6.54 Å². The number of amides is 1. The maximum absolute atomic E-state index is 12.2. The van der Waals surface area contributed by atoms with Crippen molar-refractivity contribution >= 4 is 22.9 Å². The highest BCUT2D eigenvalue weighted by molar-refractivity contribution is 6.65. The van der Waals surface area contributed by atoms with E-state index < -0.39 is 16.9 Å². The molecule has 2 fully saturated rings. The van der Waals surface area contributed by atoms with Crippen LogP contribution in [0.25, 0.3) is 0 Å². The summed E-state index contributed by atoms with van der Waals surface area (Å²) >= 11 is 5.74. The minimum atomic E-state index is -0.819. The number of piperidine rings is 1. The summed E-state index contributed by atoms with van der Waals surface area (Å²) in [4.78, 5) is 25.5. The number of hydrogen-bond donors (Lipinski definition) is 0. The van der Waals surface area contributed by atoms with Crippen molar-refractivity contribution in [1.82, 2.24) is 4.90 Å². The minimum absolute atomic E-state index is 0.216. The Balaban J connectivity index is 1.67. The van der Waals surface area contributed by atoms with Crippen LogP contribution in [0.5, 0.6) is 0 Å². The van der Waals surface area contributed by atoms with Gasteiger partial charge in [0.25, 0.3) is 0 Å². The molecular formula is C15H16ClNO3. The molecule has 0 radical (unpaired) electrons. The fourth-order valence-electron chi connectivity index (χ4n) is 3.29. The molecule has 1 aliphatic carbocycles. The van der Waals surface area contributed by atoms with E-state index in [0.29, 0.717) is 25.3 Å². The Bertz CT molecular complexity index is 533. The Morgan fingerprint density at radius 2 is 2.10 bits per heavy atom. The molecule has 2 atom stereocenters. The molecule has 2 unspecified atom stereocenters. The minimum Gasteiger partial charge on any atom is -0.445 e. The number of carbonyl (C=O) groups excluding carboxylic acids is 2. The van der Waals surface area contributed by atoms with Gasteiger partial charge in [-0.05, 0) is 42.3 Å². The molecule has 20 heavy (non-hydrogen) atoms. The molecular weight excluding hydrogens is 278 g/mol. The first kappa shape index (κ1) is 13.4. The number of ether oxygens (including phenoxy) is 1. The third-order valence-corrected chi connectivity index (χ3v) is 4.69. The Morgan fingerprint density at radius 3 is 2.75 bits per heavy atom. The third-order valence-electron chi connectivity index (χ3n) is 4.34. The predicted molar refractivity (Wildman–Crippen MR) is 74.3 cm³/mol. The molecule has 1 aliphatic heterocycles. The van der Waals surface area contributed by atoms with Crippen molar-refractivity contribution in [3.8, 4) is 0 Å². The van der Waals surface area contributed by atoms with E-state index in [4.69, 9.17) is 16.3 Å². The highest BCUT2D eigenvalue weighted by Gasteiger charge is 2.57. The topological polar surface area (TPSA) is 46.6 Å². The zero-order valence-corrected chi connectivity index (χ0v) is 11.8. The Morgan fingerprint density at radius 1 is 1.35 bits per heavy atom. The van der Waals surface area contributed by atoms with Crippen LogP contribution in [0.4, 0.5) is 4.79 Å². The monoisotopic (exact) mass is 293 g/mol. The van der Waals surface area contributed by atoms with Gasteiger partial charge in [-0.1, -0.05) is 30.3 Å². The molecule has 1 saturated carbocycles. The largest absolute Gasteiger partial charge is 0.445 e. The second-order valence-corrected chi connectivity index (χ2v) is 5.91. The predicted octanol–water partition coefficient (Wildman–Crippen LogP) is 2.94. The molecule has 0 aromatic heterocycles. The summed E-state index contributed by atoms with van der Waals surface area (Å²) in [6.07, 6.45) is 1.85. The second-order valence-electron chi connectivity index (χ2n) is 5.56. The van der Waals surface area contributed by atoms with Gasteiger partial charge >= 0.3 is 6.09 Å². The van der Waals surface area contributed by atoms with Gasteiger partial charge in [0, 0.05) is 6.54 Å². The fraction of sp³-hybridized carbons (Fsp3) is 0.467. The Kier molecular flexibility index (Phi) is 3.42. The van der Waals surface area contributed by atoms with E-state index in [1.165, 1.54) is 4.90 Å². The van der Waals surface area contributed by atoms with E-state index in [-0.39, 0.29) is 6.61 Å². The van der Waals surface area contributed by atoms with E-state index in [1.54, 1.807) is 0 Å². The molecule has 2 aliphatic rings. The van der Waals surface area contributed by atoms with Gasteiger partial charge in [0.05, 0.1) is 0 Å². The average molecular weight is 294 g/mol. The number of fused-ring (bicyclic) bond motifs is 2. The standard InChI is InChI=1S/C15H16ClNO3/c16-13(18)15-7-6-12(8-15)9-17(15)14(19)20-10-11-4-2-1-3-5-11/h1-5,12H,6-10H2. The summed E-state index contributed by atoms with van der Waals surface area (Å²) in [6, 6.07) is 9.49. The van der Waals surface area contributed by atoms with Crippen molar-refractivity contribution < 1.29 is 14.3 Å². The summed E-state index contributed by atoms with van der Waals surface area (Å²) in [5.74, 6) is 0.377. The van der Waals surface area contributed by atoms with E-state index in [9.17, 15) is 9.59 Å². The number of rotatable bonds is 3. The van der Waals surface area contributed by atoms with E-state index in [1.807, 2.05) is 30.3 Å². The molecule has 3 rings (SSSR count). The smallest absolute Gasteiger partial charge is 0.410 e. The van der Waals surface area contributed by atoms with Crippen LogP contribution in [0.1, 0.15) is 24.8 Å². The molecule has 2 bridgehead atoms. The van der Waals surface area contributed by atoms with E-state index in [2.05, 4.69) is 0 Å². The zero-order chi connectivity index (χ0) is 14.2. The maximum atomic E-state index is 12.2. The first-order valence-corrected chi connectivity index (χ1v) is 7.18. The highest BCUT2D eigenvalue weighted by atomic mass is 35.5. The van der Waals surface area contributed by atoms with Crippen molar-refractivity contribution in [2.24, 2.45) is 5.92 Å². The van der Waals surface area contributed by atoms with Crippen LogP contribution in [-0.2, 0) is 16.1 Å². The Labute approximate surface area is 122 Å². The molecule has 1 saturated heterocycles. The van der Waals surface area contributed by atoms with Crippen LogP contribution in [-0.4, -0.2) is 28.3 Å². The van der Waals surface area contributed by atoms with E-state index in [0.717, 1.165) is 12.0 Å². The lowest BCUT2D eigenvalue weighted by Crippen LogP contribution is -2.52. The number of carbonyl (C=O) groups is 2. The molecule has 1 aromatic rings. The number of nitrogens with zero attached hydrogens (tertiary/aromatic N) is 1. The highest BCUT2D eigenvalue weighted by Crippen LogP contribution is 2.47. The van der Waals surface area contributed by atoms with Crippen molar-refractivity contribution in [3.63, 3.8) is 0 Å². The first-order chi connectivity index (χ1) is 9.62. The number of halogens is 1. The quantitative estimate of drug-likeness (QED) is 0.805. The van der Waals surface area contributed by atoms with Crippen molar-refractivity contribution in [2.45, 2.75) is 31.4 Å². The van der Waals surface area contributed by atoms with Gasteiger partial charge < -0.3 is 4.74 Å². The van der Waals surface area contributed by atoms with Crippen LogP contribution >= 0.6 is 11.6 Å². The number of hydrogen-bond acceptors (Lipinski definition) is 3. The van der Waals surface area contributed by atoms with Crippen LogP contribution in [0, 0.1) is 5.92 Å². The normalized spacial score (nSPS) is 27.6. The van der Waals surface area contributed by atoms with Gasteiger partial charge in [0.2, 0.25) is 5.24 Å². The molecule has 0 spiro atoms. The van der Waals surface area contributed by atoms with Gasteiger partial charge in [-0.25, -0.2) is 4.79 Å². The summed E-state index contributed by atoms with van der Waals surface area (Å²) in [7, 11) is 0. The van der Waals surface area contributed by atoms with Crippen molar-refractivity contribution in [1.29, 1.82) is 0 Å². The number of likely N-dealkylation sites (tertiary alicyclic amines) is 1.